The third-order valence-electron chi connectivity index (χ3n) is 9.55. The van der Waals surface area contributed by atoms with Crippen LogP contribution in [-0.2, 0) is 22.7 Å². The molecule has 1 fully saturated rings. The second-order valence-corrected chi connectivity index (χ2v) is 14.1. The smallest absolute Gasteiger partial charge is 0.308 e. The summed E-state index contributed by atoms with van der Waals surface area (Å²) in [6.45, 7) is 4.54. The van der Waals surface area contributed by atoms with Crippen LogP contribution < -0.4 is 14.4 Å². The molecule has 1 amide bonds. The van der Waals surface area contributed by atoms with E-state index in [0.717, 1.165) is 51.5 Å². The first-order valence-electron chi connectivity index (χ1n) is 16.9. The minimum absolute atomic E-state index is 0.0547. The largest absolute Gasteiger partial charge is 0.494 e. The highest BCUT2D eigenvalue weighted by atomic mass is 16.7. The molecular formula is C38H47N4O6+. The minimum Gasteiger partial charge on any atom is -0.494 e. The molecule has 3 aromatic carbocycles. The fourth-order valence-corrected chi connectivity index (χ4v) is 7.32. The fraction of sp³-hybridized carbons (Fsp3) is 0.421. The average molecular weight is 656 g/mol. The number of nitrogens with zero attached hydrogens (tertiary/aromatic N) is 4. The van der Waals surface area contributed by atoms with Crippen LogP contribution in [0.25, 0.3) is 10.8 Å². The number of carboxylic acids is 1. The van der Waals surface area contributed by atoms with Gasteiger partial charge in [-0.05, 0) is 48.7 Å². The van der Waals surface area contributed by atoms with Crippen molar-refractivity contribution in [2.75, 3.05) is 52.5 Å². The quantitative estimate of drug-likeness (QED) is 0.179. The number of rotatable bonds is 13. The van der Waals surface area contributed by atoms with E-state index in [4.69, 9.17) is 9.47 Å². The van der Waals surface area contributed by atoms with E-state index in [1.807, 2.05) is 70.6 Å². The van der Waals surface area contributed by atoms with Gasteiger partial charge in [-0.3, -0.25) is 14.5 Å². The maximum absolute atomic E-state index is 14.3. The number of amides is 1. The van der Waals surface area contributed by atoms with Crippen LogP contribution in [0, 0.1) is 5.92 Å². The van der Waals surface area contributed by atoms with Crippen LogP contribution in [0.2, 0.25) is 0 Å². The number of unbranched alkanes of at least 4 members (excludes halogenated alkanes) is 1. The Labute approximate surface area is 282 Å². The highest BCUT2D eigenvalue weighted by Gasteiger charge is 2.47. The molecule has 0 saturated carbocycles. The van der Waals surface area contributed by atoms with E-state index in [2.05, 4.69) is 40.2 Å². The molecule has 2 aliphatic rings. The van der Waals surface area contributed by atoms with Gasteiger partial charge in [-0.2, -0.15) is 0 Å². The number of aromatic hydroxyl groups is 1. The van der Waals surface area contributed by atoms with Gasteiger partial charge in [0.05, 0.1) is 33.6 Å². The van der Waals surface area contributed by atoms with Gasteiger partial charge in [0.25, 0.3) is 0 Å². The summed E-state index contributed by atoms with van der Waals surface area (Å²) in [6.07, 6.45) is 4.13. The number of anilines is 1. The normalized spacial score (nSPS) is 19.2. The summed E-state index contributed by atoms with van der Waals surface area (Å²) in [5.74, 6) is -0.708. The molecule has 0 bridgehead atoms. The Hall–Kier alpha value is -4.54. The van der Waals surface area contributed by atoms with Gasteiger partial charge in [0.1, 0.15) is 6.54 Å². The standard InChI is InChI=1S/C38H46N4O6/c1-5-6-17-41(29-12-9-10-26(19-29)24-42(2,3)4)35(43)23-40-22-31(27-14-15-33-34(20-27)48-25-47-33)36(38(45)46)32(40)16-18-39-21-28-11-7-8-13-30(28)37(39)44/h7-15,19-21,31-32,36H,5-6,16-18,22-25H2,1-4H3,(H-,44,45,46)/p+1/t31-,32+,36?/m1/s1. The van der Waals surface area contributed by atoms with Crippen LogP contribution in [0.1, 0.15) is 43.2 Å². The summed E-state index contributed by atoms with van der Waals surface area (Å²) in [7, 11) is 6.43. The first-order chi connectivity index (χ1) is 23.0. The Morgan fingerprint density at radius 3 is 2.54 bits per heavy atom. The van der Waals surface area contributed by atoms with Gasteiger partial charge in [-0.15, -0.1) is 0 Å². The van der Waals surface area contributed by atoms with Crippen LogP contribution in [0.15, 0.2) is 72.9 Å². The second-order valence-electron chi connectivity index (χ2n) is 14.1. The average Bonchev–Trinajstić information content (AvgIpc) is 3.75. The van der Waals surface area contributed by atoms with Crippen molar-refractivity contribution in [3.63, 3.8) is 0 Å². The minimum atomic E-state index is -0.907. The lowest BCUT2D eigenvalue weighted by atomic mass is 9.84. The number of fused-ring (bicyclic) bond motifs is 2. The predicted molar refractivity (Wildman–Crippen MR) is 185 cm³/mol. The monoisotopic (exact) mass is 655 g/mol. The number of hydrogen-bond acceptors (Lipinski definition) is 6. The molecule has 254 valence electrons. The van der Waals surface area contributed by atoms with Gasteiger partial charge in [-0.1, -0.05) is 49.7 Å². The third kappa shape index (κ3) is 7.15. The Balaban J connectivity index is 1.31. The lowest BCUT2D eigenvalue weighted by Crippen LogP contribution is -2.45. The second kappa shape index (κ2) is 13.9. The van der Waals surface area contributed by atoms with Crippen LogP contribution >= 0.6 is 0 Å². The summed E-state index contributed by atoms with van der Waals surface area (Å²) in [5, 5.41) is 23.4. The van der Waals surface area contributed by atoms with E-state index >= 15 is 0 Å². The number of aromatic nitrogens is 1. The lowest BCUT2D eigenvalue weighted by molar-refractivity contribution is -0.884. The van der Waals surface area contributed by atoms with Crippen LogP contribution in [0.5, 0.6) is 17.4 Å². The van der Waals surface area contributed by atoms with E-state index in [1.54, 1.807) is 4.57 Å². The Bertz CT molecular complexity index is 1780. The van der Waals surface area contributed by atoms with Gasteiger partial charge < -0.3 is 33.6 Å². The SMILES string of the molecule is CCCCN(C(=O)CN1C[C@H](c2ccc3c(c2)OCO3)C(C(=O)O)[C@@H]1CCn1cc2ccccc2c1O)c1cccc(C[N+](C)(C)C)c1. The summed E-state index contributed by atoms with van der Waals surface area (Å²) in [5.41, 5.74) is 2.86. The molecule has 0 radical (unpaired) electrons. The number of carbonyl (C=O) groups excluding carboxylic acids is 1. The maximum atomic E-state index is 14.3. The van der Waals surface area contributed by atoms with Crippen molar-refractivity contribution in [3.05, 3.63) is 84.1 Å². The molecule has 3 heterocycles. The van der Waals surface area contributed by atoms with Crippen molar-refractivity contribution >= 4 is 28.3 Å². The maximum Gasteiger partial charge on any atom is 0.308 e. The van der Waals surface area contributed by atoms with Crippen molar-refractivity contribution in [2.45, 2.75) is 51.2 Å². The number of aryl methyl sites for hydroxylation is 1. The number of carboxylic acid groups (broad SMARTS) is 1. The van der Waals surface area contributed by atoms with E-state index in [1.165, 1.54) is 0 Å². The number of hydrogen-bond donors (Lipinski definition) is 2. The summed E-state index contributed by atoms with van der Waals surface area (Å²) >= 11 is 0. The van der Waals surface area contributed by atoms with E-state index in [0.29, 0.717) is 37.6 Å². The summed E-state index contributed by atoms with van der Waals surface area (Å²) in [6, 6.07) is 21.0. The highest BCUT2D eigenvalue weighted by Crippen LogP contribution is 2.43. The molecule has 6 rings (SSSR count). The zero-order valence-electron chi connectivity index (χ0n) is 28.3. The molecule has 4 aromatic rings. The number of ether oxygens (including phenoxy) is 2. The summed E-state index contributed by atoms with van der Waals surface area (Å²) in [4.78, 5) is 31.3. The number of carbonyl (C=O) groups is 2. The molecule has 48 heavy (non-hydrogen) atoms. The third-order valence-corrected chi connectivity index (χ3v) is 9.55. The molecular weight excluding hydrogens is 608 g/mol. The van der Waals surface area contributed by atoms with Crippen molar-refractivity contribution in [2.24, 2.45) is 5.92 Å². The van der Waals surface area contributed by atoms with Crippen molar-refractivity contribution < 1.29 is 33.8 Å². The van der Waals surface area contributed by atoms with Crippen molar-refractivity contribution in [3.8, 4) is 17.4 Å². The van der Waals surface area contributed by atoms with Gasteiger partial charge in [-0.25, -0.2) is 0 Å². The highest BCUT2D eigenvalue weighted by molar-refractivity contribution is 5.95. The molecule has 0 spiro atoms. The first-order valence-corrected chi connectivity index (χ1v) is 16.9. The van der Waals surface area contributed by atoms with E-state index < -0.39 is 17.9 Å². The number of benzene rings is 3. The van der Waals surface area contributed by atoms with Crippen LogP contribution in [-0.4, -0.2) is 89.7 Å². The van der Waals surface area contributed by atoms with Gasteiger partial charge in [0, 0.05) is 59.8 Å². The Kier molecular flexibility index (Phi) is 9.66. The van der Waals surface area contributed by atoms with E-state index in [9.17, 15) is 19.8 Å². The molecule has 1 unspecified atom stereocenters. The summed E-state index contributed by atoms with van der Waals surface area (Å²) < 4.78 is 13.7. The predicted octanol–water partition coefficient (Wildman–Crippen LogP) is 5.67. The van der Waals surface area contributed by atoms with Crippen LogP contribution in [0.3, 0.4) is 0 Å². The lowest BCUT2D eigenvalue weighted by Gasteiger charge is -2.30. The Morgan fingerprint density at radius 2 is 1.79 bits per heavy atom. The van der Waals surface area contributed by atoms with Crippen LogP contribution in [0.4, 0.5) is 5.69 Å². The van der Waals surface area contributed by atoms with Gasteiger partial charge >= 0.3 is 5.97 Å². The molecule has 2 N–H and O–H groups in total. The molecule has 2 aliphatic heterocycles. The topological polar surface area (TPSA) is 104 Å². The van der Waals surface area contributed by atoms with Crippen molar-refractivity contribution in [1.29, 1.82) is 0 Å². The fourth-order valence-electron chi connectivity index (χ4n) is 7.32. The first kappa shape index (κ1) is 33.4. The van der Waals surface area contributed by atoms with E-state index in [-0.39, 0.29) is 31.0 Å². The molecule has 0 aliphatic carbocycles. The molecule has 1 saturated heterocycles. The zero-order chi connectivity index (χ0) is 34.0. The number of aliphatic carboxylic acids is 1. The van der Waals surface area contributed by atoms with Gasteiger partial charge in [0.2, 0.25) is 12.7 Å². The molecule has 3 atom stereocenters. The number of likely N-dealkylation sites (tertiary alicyclic amines) is 1. The molecule has 10 nitrogen and oxygen atoms in total. The number of quaternary nitrogens is 1. The molecule has 1 aromatic heterocycles. The zero-order valence-corrected chi connectivity index (χ0v) is 28.3. The van der Waals surface area contributed by atoms with Crippen molar-refractivity contribution in [1.82, 2.24) is 9.47 Å². The Morgan fingerprint density at radius 1 is 1.00 bits per heavy atom. The van der Waals surface area contributed by atoms with Gasteiger partial charge in [0.15, 0.2) is 17.4 Å². The molecule has 10 heteroatoms.